The molecule has 1 rings (SSSR count). The molecule has 0 spiro atoms. The van der Waals surface area contributed by atoms with Crippen LogP contribution in [0, 0.1) is 11.6 Å². The lowest BCUT2D eigenvalue weighted by Crippen LogP contribution is -2.19. The van der Waals surface area contributed by atoms with Crippen LogP contribution in [0.15, 0.2) is 12.1 Å². The first kappa shape index (κ1) is 13.9. The van der Waals surface area contributed by atoms with Crippen LogP contribution in [-0.4, -0.2) is 19.1 Å². The van der Waals surface area contributed by atoms with Gasteiger partial charge in [-0.1, -0.05) is 18.5 Å². The molecule has 0 aliphatic carbocycles. The third-order valence-corrected chi connectivity index (χ3v) is 2.15. The smallest absolute Gasteiger partial charge is 0.250 e. The Morgan fingerprint density at radius 1 is 1.47 bits per heavy atom. The molecule has 1 aromatic rings. The van der Waals surface area contributed by atoms with Gasteiger partial charge in [0.15, 0.2) is 5.82 Å². The Kier molecular flexibility index (Phi) is 5.31. The molecule has 0 unspecified atom stereocenters. The summed E-state index contributed by atoms with van der Waals surface area (Å²) in [5, 5.41) is 2.04. The van der Waals surface area contributed by atoms with Gasteiger partial charge in [-0.25, -0.2) is 8.78 Å². The molecule has 94 valence electrons. The van der Waals surface area contributed by atoms with E-state index in [9.17, 15) is 13.6 Å². The van der Waals surface area contributed by atoms with Gasteiger partial charge in [0.25, 0.3) is 0 Å². The van der Waals surface area contributed by atoms with Gasteiger partial charge in [-0.2, -0.15) is 0 Å². The fourth-order valence-electron chi connectivity index (χ4n) is 1.15. The SMILES string of the molecule is CCCOCC(=O)Nc1c(F)cc(F)cc1Cl. The quantitative estimate of drug-likeness (QED) is 0.830. The van der Waals surface area contributed by atoms with Crippen molar-refractivity contribution < 1.29 is 18.3 Å². The molecule has 0 aliphatic heterocycles. The number of nitrogens with one attached hydrogen (secondary N) is 1. The lowest BCUT2D eigenvalue weighted by atomic mass is 10.3. The highest BCUT2D eigenvalue weighted by Crippen LogP contribution is 2.26. The highest BCUT2D eigenvalue weighted by atomic mass is 35.5. The molecule has 6 heteroatoms. The van der Waals surface area contributed by atoms with E-state index in [-0.39, 0.29) is 17.3 Å². The lowest BCUT2D eigenvalue weighted by molar-refractivity contribution is -0.120. The van der Waals surface area contributed by atoms with Gasteiger partial charge in [0.1, 0.15) is 12.4 Å². The first-order chi connectivity index (χ1) is 8.04. The molecule has 0 saturated carbocycles. The normalized spacial score (nSPS) is 10.4. The molecule has 0 saturated heterocycles. The lowest BCUT2D eigenvalue weighted by Gasteiger charge is -2.08. The van der Waals surface area contributed by atoms with Gasteiger partial charge in [-0.05, 0) is 12.5 Å². The number of amides is 1. The second-order valence-electron chi connectivity index (χ2n) is 3.35. The van der Waals surface area contributed by atoms with E-state index in [1.165, 1.54) is 0 Å². The van der Waals surface area contributed by atoms with Gasteiger partial charge < -0.3 is 10.1 Å². The minimum absolute atomic E-state index is 0.189. The molecular formula is C11H12ClF2NO2. The van der Waals surface area contributed by atoms with Gasteiger partial charge in [-0.3, -0.25) is 4.79 Å². The zero-order chi connectivity index (χ0) is 12.8. The molecule has 1 amide bonds. The van der Waals surface area contributed by atoms with E-state index in [4.69, 9.17) is 16.3 Å². The fraction of sp³-hybridized carbons (Fsp3) is 0.364. The molecular weight excluding hydrogens is 252 g/mol. The molecule has 0 aliphatic rings. The first-order valence-corrected chi connectivity index (χ1v) is 5.44. The Labute approximate surface area is 103 Å². The van der Waals surface area contributed by atoms with Crippen molar-refractivity contribution in [3.8, 4) is 0 Å². The van der Waals surface area contributed by atoms with Crippen LogP contribution in [0.25, 0.3) is 0 Å². The zero-order valence-electron chi connectivity index (χ0n) is 9.23. The number of hydrogen-bond acceptors (Lipinski definition) is 2. The Morgan fingerprint density at radius 3 is 2.76 bits per heavy atom. The van der Waals surface area contributed by atoms with Crippen LogP contribution in [-0.2, 0) is 9.53 Å². The van der Waals surface area contributed by atoms with E-state index in [1.807, 2.05) is 6.92 Å². The summed E-state index contributed by atoms with van der Waals surface area (Å²) in [7, 11) is 0. The van der Waals surface area contributed by atoms with Gasteiger partial charge in [0.2, 0.25) is 5.91 Å². The Hall–Kier alpha value is -1.20. The summed E-state index contributed by atoms with van der Waals surface area (Å²) >= 11 is 5.60. The maximum absolute atomic E-state index is 13.3. The number of carbonyl (C=O) groups is 1. The van der Waals surface area contributed by atoms with E-state index >= 15 is 0 Å². The number of ether oxygens (including phenoxy) is 1. The standard InChI is InChI=1S/C11H12ClF2NO2/c1-2-3-17-6-10(16)15-11-8(12)4-7(13)5-9(11)14/h4-5H,2-3,6H2,1H3,(H,15,16). The molecule has 1 aromatic carbocycles. The highest BCUT2D eigenvalue weighted by Gasteiger charge is 2.12. The van der Waals surface area contributed by atoms with Crippen molar-refractivity contribution in [1.29, 1.82) is 0 Å². The summed E-state index contributed by atoms with van der Waals surface area (Å²) in [4.78, 5) is 11.3. The summed E-state index contributed by atoms with van der Waals surface area (Å²) in [6.07, 6.45) is 0.777. The molecule has 17 heavy (non-hydrogen) atoms. The van der Waals surface area contributed by atoms with Crippen LogP contribution in [0.3, 0.4) is 0 Å². The molecule has 0 atom stereocenters. The van der Waals surface area contributed by atoms with E-state index in [1.54, 1.807) is 0 Å². The zero-order valence-corrected chi connectivity index (χ0v) is 9.98. The van der Waals surface area contributed by atoms with Crippen molar-refractivity contribution in [1.82, 2.24) is 0 Å². The Balaban J connectivity index is 2.65. The maximum Gasteiger partial charge on any atom is 0.250 e. The molecule has 1 N–H and O–H groups in total. The van der Waals surface area contributed by atoms with Crippen molar-refractivity contribution in [2.24, 2.45) is 0 Å². The van der Waals surface area contributed by atoms with Crippen LogP contribution >= 0.6 is 11.6 Å². The van der Waals surface area contributed by atoms with Crippen LogP contribution in [0.4, 0.5) is 14.5 Å². The predicted octanol–water partition coefficient (Wildman–Crippen LogP) is 2.98. The Bertz CT molecular complexity index is 389. The number of rotatable bonds is 5. The second-order valence-corrected chi connectivity index (χ2v) is 3.75. The number of benzene rings is 1. The summed E-state index contributed by atoms with van der Waals surface area (Å²) in [6.45, 7) is 2.14. The third-order valence-electron chi connectivity index (χ3n) is 1.85. The molecule has 0 heterocycles. The number of hydrogen-bond donors (Lipinski definition) is 1. The topological polar surface area (TPSA) is 38.3 Å². The maximum atomic E-state index is 13.3. The third kappa shape index (κ3) is 4.28. The highest BCUT2D eigenvalue weighted by molar-refractivity contribution is 6.33. The monoisotopic (exact) mass is 263 g/mol. The summed E-state index contributed by atoms with van der Waals surface area (Å²) < 4.78 is 31.0. The number of halogens is 3. The average molecular weight is 264 g/mol. The predicted molar refractivity (Wildman–Crippen MR) is 61.1 cm³/mol. The molecule has 0 bridgehead atoms. The van der Waals surface area contributed by atoms with Gasteiger partial charge in [-0.15, -0.1) is 0 Å². The van der Waals surface area contributed by atoms with Crippen LogP contribution in [0.1, 0.15) is 13.3 Å². The van der Waals surface area contributed by atoms with Crippen molar-refractivity contribution in [3.05, 3.63) is 28.8 Å². The van der Waals surface area contributed by atoms with E-state index < -0.39 is 17.5 Å². The van der Waals surface area contributed by atoms with Crippen molar-refractivity contribution in [2.75, 3.05) is 18.5 Å². The second kappa shape index (κ2) is 6.51. The minimum Gasteiger partial charge on any atom is -0.372 e. The fourth-order valence-corrected chi connectivity index (χ4v) is 1.39. The van der Waals surface area contributed by atoms with E-state index in [0.717, 1.165) is 12.5 Å². The van der Waals surface area contributed by atoms with Gasteiger partial charge in [0, 0.05) is 12.7 Å². The average Bonchev–Trinajstić information content (AvgIpc) is 2.24. The Morgan fingerprint density at radius 2 is 2.18 bits per heavy atom. The van der Waals surface area contributed by atoms with E-state index in [0.29, 0.717) is 12.7 Å². The molecule has 0 radical (unpaired) electrons. The summed E-state index contributed by atoms with van der Waals surface area (Å²) in [6, 6.07) is 1.57. The van der Waals surface area contributed by atoms with Crippen LogP contribution in [0.5, 0.6) is 0 Å². The van der Waals surface area contributed by atoms with Crippen LogP contribution in [0.2, 0.25) is 5.02 Å². The molecule has 3 nitrogen and oxygen atoms in total. The molecule has 0 fully saturated rings. The van der Waals surface area contributed by atoms with Gasteiger partial charge >= 0.3 is 0 Å². The summed E-state index contributed by atoms with van der Waals surface area (Å²) in [5.41, 5.74) is -0.238. The summed E-state index contributed by atoms with van der Waals surface area (Å²) in [5.74, 6) is -2.25. The first-order valence-electron chi connectivity index (χ1n) is 5.06. The van der Waals surface area contributed by atoms with Gasteiger partial charge in [0.05, 0.1) is 10.7 Å². The van der Waals surface area contributed by atoms with Crippen molar-refractivity contribution in [3.63, 3.8) is 0 Å². The van der Waals surface area contributed by atoms with Crippen molar-refractivity contribution in [2.45, 2.75) is 13.3 Å². The number of carbonyl (C=O) groups excluding carboxylic acids is 1. The largest absolute Gasteiger partial charge is 0.372 e. The van der Waals surface area contributed by atoms with E-state index in [2.05, 4.69) is 5.32 Å². The van der Waals surface area contributed by atoms with Crippen LogP contribution < -0.4 is 5.32 Å². The minimum atomic E-state index is -0.918. The number of anilines is 1. The van der Waals surface area contributed by atoms with Crippen molar-refractivity contribution >= 4 is 23.2 Å². The molecule has 0 aromatic heterocycles.